The second-order valence-corrected chi connectivity index (χ2v) is 2.69. The van der Waals surface area contributed by atoms with Crippen LogP contribution in [0.15, 0.2) is 0 Å². The number of rotatable bonds is 0. The molecule has 0 aliphatic rings. The Morgan fingerprint density at radius 2 is 0.667 bits per heavy atom. The van der Waals surface area contributed by atoms with Gasteiger partial charge in [-0.2, -0.15) is 16.8 Å². The third kappa shape index (κ3) is 677. The fourth-order valence-electron chi connectivity index (χ4n) is 0. The van der Waals surface area contributed by atoms with Crippen LogP contribution in [0.3, 0.4) is 0 Å². The van der Waals surface area contributed by atoms with Crippen LogP contribution in [0.1, 0.15) is 0 Å². The molecule has 72 valence electrons. The van der Waals surface area contributed by atoms with Gasteiger partial charge in [-0.05, 0) is 0 Å². The van der Waals surface area contributed by atoms with Crippen LogP contribution in [0, 0.1) is 0 Å². The first-order valence-corrected chi connectivity index (χ1v) is 4.19. The maximum Gasteiger partial charge on any atom is 0.394 e. The molecule has 0 aromatic rings. The molecule has 0 rings (SSSR count). The third-order valence-electron chi connectivity index (χ3n) is 0. The molecule has 12 heavy (non-hydrogen) atoms. The van der Waals surface area contributed by atoms with Crippen molar-refractivity contribution in [2.45, 2.75) is 0 Å². The van der Waals surface area contributed by atoms with Gasteiger partial charge in [0.2, 0.25) is 0 Å². The Bertz CT molecular complexity index is 213. The summed E-state index contributed by atoms with van der Waals surface area (Å²) < 4.78 is 63.2. The Kier molecular flexibility index (Phi) is 17.3. The SMILES string of the molecule is O=S(=O)(O)O.O=S(=O)(O)O.[Ti].[Zr]. The van der Waals surface area contributed by atoms with Crippen LogP contribution in [0.5, 0.6) is 0 Å². The molecule has 0 bridgehead atoms. The molecule has 0 radical (unpaired) electrons. The predicted molar refractivity (Wildman–Crippen MR) is 28.4 cm³/mol. The largest absolute Gasteiger partial charge is 0.394 e. The van der Waals surface area contributed by atoms with E-state index in [-0.39, 0.29) is 47.9 Å². The monoisotopic (exact) mass is 334 g/mol. The van der Waals surface area contributed by atoms with Crippen LogP contribution in [0.2, 0.25) is 0 Å². The molecule has 0 fully saturated rings. The Morgan fingerprint density at radius 3 is 0.667 bits per heavy atom. The van der Waals surface area contributed by atoms with Gasteiger partial charge in [-0.15, -0.1) is 0 Å². The Labute approximate surface area is 103 Å². The molecule has 0 aliphatic carbocycles. The van der Waals surface area contributed by atoms with E-state index in [0.717, 1.165) is 0 Å². The second kappa shape index (κ2) is 8.91. The Morgan fingerprint density at radius 1 is 0.667 bits per heavy atom. The molecule has 0 saturated heterocycles. The minimum atomic E-state index is -4.67. The Hall–Kier alpha value is 1.34. The molecule has 0 aliphatic heterocycles. The normalized spacial score (nSPS) is 9.67. The first kappa shape index (κ1) is 23.3. The average molecular weight is 335 g/mol. The van der Waals surface area contributed by atoms with Crippen LogP contribution in [-0.4, -0.2) is 35.0 Å². The summed E-state index contributed by atoms with van der Waals surface area (Å²) in [6, 6.07) is 0. The predicted octanol–water partition coefficient (Wildman–Crippen LogP) is -1.31. The second-order valence-electron chi connectivity index (χ2n) is 0.896. The summed E-state index contributed by atoms with van der Waals surface area (Å²) in [5.41, 5.74) is 0. The molecule has 0 atom stereocenters. The van der Waals surface area contributed by atoms with Crippen LogP contribution < -0.4 is 0 Å². The zero-order valence-electron chi connectivity index (χ0n) is 5.24. The van der Waals surface area contributed by atoms with Crippen LogP contribution in [0.4, 0.5) is 0 Å². The molecule has 0 aromatic heterocycles. The van der Waals surface area contributed by atoms with Crippen molar-refractivity contribution >= 4 is 20.8 Å². The number of hydrogen-bond donors (Lipinski definition) is 4. The summed E-state index contributed by atoms with van der Waals surface area (Å²) in [6.07, 6.45) is 0. The van der Waals surface area contributed by atoms with Crippen molar-refractivity contribution in [1.82, 2.24) is 0 Å². The molecule has 12 heteroatoms. The van der Waals surface area contributed by atoms with Crippen molar-refractivity contribution in [3.8, 4) is 0 Å². The van der Waals surface area contributed by atoms with E-state index in [4.69, 9.17) is 35.0 Å². The van der Waals surface area contributed by atoms with E-state index in [9.17, 15) is 0 Å². The first-order valence-electron chi connectivity index (χ1n) is 1.40. The van der Waals surface area contributed by atoms with Gasteiger partial charge in [-0.3, -0.25) is 18.2 Å². The minimum absolute atomic E-state index is 0. The van der Waals surface area contributed by atoms with Gasteiger partial charge in [0, 0.05) is 47.9 Å². The summed E-state index contributed by atoms with van der Waals surface area (Å²) in [5.74, 6) is 0. The maximum absolute atomic E-state index is 8.74. The molecule has 0 spiro atoms. The fraction of sp³-hybridized carbons (Fsp3) is 0. The molecular weight excluding hydrogens is 331 g/mol. The zero-order valence-corrected chi connectivity index (χ0v) is 10.9. The van der Waals surface area contributed by atoms with Crippen molar-refractivity contribution in [2.75, 3.05) is 0 Å². The molecule has 0 heterocycles. The molecule has 8 nitrogen and oxygen atoms in total. The van der Waals surface area contributed by atoms with Gasteiger partial charge in [0.25, 0.3) is 0 Å². The third-order valence-corrected chi connectivity index (χ3v) is 0. The van der Waals surface area contributed by atoms with E-state index < -0.39 is 20.8 Å². The topological polar surface area (TPSA) is 149 Å². The van der Waals surface area contributed by atoms with Crippen LogP contribution in [0.25, 0.3) is 0 Å². The van der Waals surface area contributed by atoms with Crippen molar-refractivity contribution in [3.63, 3.8) is 0 Å². The van der Waals surface area contributed by atoms with E-state index >= 15 is 0 Å². The summed E-state index contributed by atoms with van der Waals surface area (Å²) in [6.45, 7) is 0. The average Bonchev–Trinajstić information content (AvgIpc) is 1.12. The number of hydrogen-bond acceptors (Lipinski definition) is 4. The van der Waals surface area contributed by atoms with E-state index in [1.54, 1.807) is 0 Å². The van der Waals surface area contributed by atoms with E-state index in [1.807, 2.05) is 0 Å². The molecular formula is H4O8S2TiZr. The fourth-order valence-corrected chi connectivity index (χ4v) is 0. The minimum Gasteiger partial charge on any atom is -0.264 e. The van der Waals surface area contributed by atoms with E-state index in [2.05, 4.69) is 0 Å². The zero-order chi connectivity index (χ0) is 9.00. The van der Waals surface area contributed by atoms with Gasteiger partial charge in [0.15, 0.2) is 0 Å². The molecule has 0 unspecified atom stereocenters. The van der Waals surface area contributed by atoms with Crippen LogP contribution in [-0.2, 0) is 68.7 Å². The van der Waals surface area contributed by atoms with Gasteiger partial charge >= 0.3 is 20.8 Å². The van der Waals surface area contributed by atoms with E-state index in [1.165, 1.54) is 0 Å². The van der Waals surface area contributed by atoms with Gasteiger partial charge in [-0.1, -0.05) is 0 Å². The summed E-state index contributed by atoms with van der Waals surface area (Å²) in [5, 5.41) is 0. The van der Waals surface area contributed by atoms with Crippen molar-refractivity contribution in [1.29, 1.82) is 0 Å². The summed E-state index contributed by atoms with van der Waals surface area (Å²) in [4.78, 5) is 0. The van der Waals surface area contributed by atoms with Gasteiger partial charge < -0.3 is 0 Å². The van der Waals surface area contributed by atoms with Crippen molar-refractivity contribution in [2.24, 2.45) is 0 Å². The molecule has 0 saturated carbocycles. The molecule has 4 N–H and O–H groups in total. The van der Waals surface area contributed by atoms with E-state index in [0.29, 0.717) is 0 Å². The summed E-state index contributed by atoms with van der Waals surface area (Å²) in [7, 11) is -9.33. The van der Waals surface area contributed by atoms with Crippen molar-refractivity contribution in [3.05, 3.63) is 0 Å². The summed E-state index contributed by atoms with van der Waals surface area (Å²) >= 11 is 0. The van der Waals surface area contributed by atoms with Crippen LogP contribution >= 0.6 is 0 Å². The Balaban J connectivity index is -0.0000000457. The standard InChI is InChI=1S/2H2O4S.Ti.Zr/c2*1-5(2,3)4;;/h2*(H2,1,2,3,4);;. The van der Waals surface area contributed by atoms with Gasteiger partial charge in [0.05, 0.1) is 0 Å². The maximum atomic E-state index is 8.74. The smallest absolute Gasteiger partial charge is 0.264 e. The molecule has 0 aromatic carbocycles. The first-order chi connectivity index (χ1) is 4.00. The van der Waals surface area contributed by atoms with Gasteiger partial charge in [0.1, 0.15) is 0 Å². The van der Waals surface area contributed by atoms with Crippen molar-refractivity contribution < 1.29 is 83.0 Å². The quantitative estimate of drug-likeness (QED) is 0.315. The van der Waals surface area contributed by atoms with Gasteiger partial charge in [-0.25, -0.2) is 0 Å². The molecule has 0 amide bonds.